The molecule has 2 aliphatic rings. The second-order valence-corrected chi connectivity index (χ2v) is 11.0. The lowest BCUT2D eigenvalue weighted by atomic mass is 9.74. The standard InChI is InChI=1S/C32H32N2OS/c35-31(33-22-26-9-5-8-24-6-1-3-10-28(24)26)29(27-14-21-36-23-27)13-18-34-19-16-32(17-20-34)15-12-25-7-2-4-11-30(25)32/h1-12,14-15,21,23,29H,13,16-20,22H2,(H,33,35)/t29-/m0/s1. The molecule has 1 aliphatic heterocycles. The van der Waals surface area contributed by atoms with Crippen LogP contribution < -0.4 is 5.32 Å². The SMILES string of the molecule is O=C(NCc1cccc2ccccc12)[C@@H](CCN1CCC2(C=Cc3ccccc32)CC1)c1ccsc1. The Morgan fingerprint density at radius 3 is 2.64 bits per heavy atom. The van der Waals surface area contributed by atoms with E-state index in [2.05, 4.69) is 106 Å². The molecule has 1 fully saturated rings. The summed E-state index contributed by atoms with van der Waals surface area (Å²) in [5.74, 6) is 0.0108. The van der Waals surface area contributed by atoms with Crippen molar-refractivity contribution < 1.29 is 4.79 Å². The molecule has 1 spiro atoms. The lowest BCUT2D eigenvalue weighted by Gasteiger charge is -2.39. The average molecular weight is 493 g/mol. The van der Waals surface area contributed by atoms with E-state index in [1.807, 2.05) is 0 Å². The zero-order chi connectivity index (χ0) is 24.4. The van der Waals surface area contributed by atoms with Crippen molar-refractivity contribution in [1.82, 2.24) is 10.2 Å². The average Bonchev–Trinajstić information content (AvgIpc) is 3.58. The highest BCUT2D eigenvalue weighted by Gasteiger charge is 2.37. The van der Waals surface area contributed by atoms with E-state index in [0.29, 0.717) is 6.54 Å². The first-order chi connectivity index (χ1) is 17.7. The number of allylic oxidation sites excluding steroid dienone is 1. The van der Waals surface area contributed by atoms with Gasteiger partial charge in [0.05, 0.1) is 5.92 Å². The Morgan fingerprint density at radius 2 is 1.78 bits per heavy atom. The van der Waals surface area contributed by atoms with Gasteiger partial charge in [-0.25, -0.2) is 0 Å². The van der Waals surface area contributed by atoms with Crippen molar-refractivity contribution in [3.8, 4) is 0 Å². The molecule has 1 aliphatic carbocycles. The van der Waals surface area contributed by atoms with Gasteiger partial charge in [-0.05, 0) is 88.7 Å². The number of carbonyl (C=O) groups is 1. The van der Waals surface area contributed by atoms with Gasteiger partial charge in [0, 0.05) is 12.0 Å². The van der Waals surface area contributed by atoms with Gasteiger partial charge < -0.3 is 10.2 Å². The number of likely N-dealkylation sites (tertiary alicyclic amines) is 1. The summed E-state index contributed by atoms with van der Waals surface area (Å²) in [7, 11) is 0. The van der Waals surface area contributed by atoms with Crippen LogP contribution >= 0.6 is 11.3 Å². The topological polar surface area (TPSA) is 32.3 Å². The van der Waals surface area contributed by atoms with Crippen LogP contribution in [-0.2, 0) is 16.8 Å². The fourth-order valence-corrected chi connectivity index (χ4v) is 6.75. The summed E-state index contributed by atoms with van der Waals surface area (Å²) in [6, 6.07) is 25.6. The maximum atomic E-state index is 13.4. The third-order valence-corrected chi connectivity index (χ3v) is 8.86. The molecule has 0 radical (unpaired) electrons. The Kier molecular flexibility index (Phi) is 6.47. The molecule has 4 heteroatoms. The minimum Gasteiger partial charge on any atom is -0.351 e. The fourth-order valence-electron chi connectivity index (χ4n) is 6.03. The molecule has 4 aromatic rings. The Hall–Kier alpha value is -3.21. The van der Waals surface area contributed by atoms with Crippen molar-refractivity contribution in [3.63, 3.8) is 0 Å². The largest absolute Gasteiger partial charge is 0.351 e. The highest BCUT2D eigenvalue weighted by molar-refractivity contribution is 7.08. The predicted molar refractivity (Wildman–Crippen MR) is 150 cm³/mol. The monoisotopic (exact) mass is 492 g/mol. The van der Waals surface area contributed by atoms with Crippen LogP contribution in [0.5, 0.6) is 0 Å². The number of thiophene rings is 1. The molecule has 1 saturated heterocycles. The molecule has 0 saturated carbocycles. The van der Waals surface area contributed by atoms with Crippen LogP contribution in [0.15, 0.2) is 89.6 Å². The predicted octanol–water partition coefficient (Wildman–Crippen LogP) is 6.75. The number of nitrogens with zero attached hydrogens (tertiary/aromatic N) is 1. The first-order valence-corrected chi connectivity index (χ1v) is 13.9. The first-order valence-electron chi connectivity index (χ1n) is 13.0. The summed E-state index contributed by atoms with van der Waals surface area (Å²) in [5.41, 5.74) is 5.38. The van der Waals surface area contributed by atoms with Gasteiger partial charge in [0.15, 0.2) is 0 Å². The normalized spacial score (nSPS) is 17.3. The molecule has 0 bridgehead atoms. The third-order valence-electron chi connectivity index (χ3n) is 8.16. The number of hydrogen-bond acceptors (Lipinski definition) is 3. The minimum atomic E-state index is -0.116. The van der Waals surface area contributed by atoms with Gasteiger partial charge in [-0.2, -0.15) is 11.3 Å². The Bertz CT molecular complexity index is 1380. The summed E-state index contributed by atoms with van der Waals surface area (Å²) >= 11 is 1.67. The van der Waals surface area contributed by atoms with Crippen LogP contribution in [0.25, 0.3) is 16.8 Å². The maximum absolute atomic E-state index is 13.4. The molecular weight excluding hydrogens is 460 g/mol. The lowest BCUT2D eigenvalue weighted by Crippen LogP contribution is -2.42. The number of amides is 1. The molecule has 0 unspecified atom stereocenters. The van der Waals surface area contributed by atoms with Crippen LogP contribution in [0.3, 0.4) is 0 Å². The highest BCUT2D eigenvalue weighted by Crippen LogP contribution is 2.43. The van der Waals surface area contributed by atoms with E-state index in [-0.39, 0.29) is 17.2 Å². The van der Waals surface area contributed by atoms with E-state index >= 15 is 0 Å². The van der Waals surface area contributed by atoms with Gasteiger partial charge in [0.2, 0.25) is 5.91 Å². The lowest BCUT2D eigenvalue weighted by molar-refractivity contribution is -0.123. The van der Waals surface area contributed by atoms with Crippen molar-refractivity contribution in [1.29, 1.82) is 0 Å². The summed E-state index contributed by atoms with van der Waals surface area (Å²) < 4.78 is 0. The van der Waals surface area contributed by atoms with Gasteiger partial charge in [-0.1, -0.05) is 78.9 Å². The van der Waals surface area contributed by atoms with Crippen molar-refractivity contribution in [2.75, 3.05) is 19.6 Å². The van der Waals surface area contributed by atoms with Crippen LogP contribution in [0, 0.1) is 0 Å². The Morgan fingerprint density at radius 1 is 0.972 bits per heavy atom. The van der Waals surface area contributed by atoms with Gasteiger partial charge in [-0.3, -0.25) is 4.79 Å². The maximum Gasteiger partial charge on any atom is 0.227 e. The van der Waals surface area contributed by atoms with Crippen LogP contribution in [0.2, 0.25) is 0 Å². The quantitative estimate of drug-likeness (QED) is 0.309. The van der Waals surface area contributed by atoms with E-state index < -0.39 is 0 Å². The van der Waals surface area contributed by atoms with E-state index in [0.717, 1.165) is 50.0 Å². The van der Waals surface area contributed by atoms with Crippen molar-refractivity contribution in [2.45, 2.75) is 37.1 Å². The summed E-state index contributed by atoms with van der Waals surface area (Å²) in [6.07, 6.45) is 7.88. The fraction of sp³-hybridized carbons (Fsp3) is 0.281. The van der Waals surface area contributed by atoms with Gasteiger partial charge in [-0.15, -0.1) is 0 Å². The first kappa shape index (κ1) is 23.2. The smallest absolute Gasteiger partial charge is 0.227 e. The van der Waals surface area contributed by atoms with Crippen molar-refractivity contribution in [3.05, 3.63) is 112 Å². The second kappa shape index (κ2) is 10.0. The number of rotatable bonds is 7. The minimum absolute atomic E-state index is 0.116. The van der Waals surface area contributed by atoms with Crippen molar-refractivity contribution >= 4 is 34.1 Å². The van der Waals surface area contributed by atoms with E-state index in [4.69, 9.17) is 0 Å². The van der Waals surface area contributed by atoms with Gasteiger partial charge >= 0.3 is 0 Å². The second-order valence-electron chi connectivity index (χ2n) is 10.2. The molecule has 3 aromatic carbocycles. The number of fused-ring (bicyclic) bond motifs is 3. The molecule has 182 valence electrons. The van der Waals surface area contributed by atoms with Crippen molar-refractivity contribution in [2.24, 2.45) is 0 Å². The number of nitrogens with one attached hydrogen (secondary N) is 1. The van der Waals surface area contributed by atoms with Crippen LogP contribution in [0.1, 0.15) is 47.4 Å². The zero-order valence-electron chi connectivity index (χ0n) is 20.5. The number of benzene rings is 3. The van der Waals surface area contributed by atoms with Gasteiger partial charge in [0.25, 0.3) is 0 Å². The molecule has 1 aromatic heterocycles. The third kappa shape index (κ3) is 4.52. The molecule has 2 heterocycles. The molecule has 1 atom stereocenters. The molecule has 6 rings (SSSR count). The summed E-state index contributed by atoms with van der Waals surface area (Å²) in [6.45, 7) is 3.65. The van der Waals surface area contributed by atoms with Crippen LogP contribution in [-0.4, -0.2) is 30.4 Å². The van der Waals surface area contributed by atoms with E-state index in [1.54, 1.807) is 11.3 Å². The summed E-state index contributed by atoms with van der Waals surface area (Å²) in [4.78, 5) is 16.0. The zero-order valence-corrected chi connectivity index (χ0v) is 21.3. The Labute approximate surface area is 217 Å². The molecular formula is C32H32N2OS. The van der Waals surface area contributed by atoms with Crippen LogP contribution in [0.4, 0.5) is 0 Å². The number of hydrogen-bond donors (Lipinski definition) is 1. The number of piperidine rings is 1. The summed E-state index contributed by atoms with van der Waals surface area (Å²) in [5, 5.41) is 9.88. The number of carbonyl (C=O) groups excluding carboxylic acids is 1. The van der Waals surface area contributed by atoms with Gasteiger partial charge in [0.1, 0.15) is 0 Å². The van der Waals surface area contributed by atoms with E-state index in [9.17, 15) is 4.79 Å². The highest BCUT2D eigenvalue weighted by atomic mass is 32.1. The van der Waals surface area contributed by atoms with E-state index in [1.165, 1.54) is 21.9 Å². The molecule has 1 amide bonds. The molecule has 3 nitrogen and oxygen atoms in total. The molecule has 1 N–H and O–H groups in total. The Balaban J connectivity index is 1.09. The molecule has 36 heavy (non-hydrogen) atoms.